The van der Waals surface area contributed by atoms with E-state index in [1.165, 1.54) is 4.31 Å². The number of rotatable bonds is 7. The van der Waals surface area contributed by atoms with Gasteiger partial charge in [0.2, 0.25) is 15.9 Å². The molecule has 23 heavy (non-hydrogen) atoms. The number of benzene rings is 1. The quantitative estimate of drug-likeness (QED) is 0.775. The molecule has 1 amide bonds. The van der Waals surface area contributed by atoms with Gasteiger partial charge in [-0.2, -0.15) is 4.31 Å². The SMILES string of the molecule is CCCN(CC(=O)NC1CCNCC1)S(=O)(=O)c1ccccc1. The molecule has 0 saturated carbocycles. The van der Waals surface area contributed by atoms with Crippen LogP contribution in [0.4, 0.5) is 0 Å². The van der Waals surface area contributed by atoms with Crippen LogP contribution in [0.2, 0.25) is 0 Å². The average molecular weight is 339 g/mol. The summed E-state index contributed by atoms with van der Waals surface area (Å²) in [4.78, 5) is 12.5. The van der Waals surface area contributed by atoms with Gasteiger partial charge in [0.05, 0.1) is 11.4 Å². The minimum absolute atomic E-state index is 0.130. The fourth-order valence-corrected chi connectivity index (χ4v) is 4.18. The van der Waals surface area contributed by atoms with E-state index >= 15 is 0 Å². The van der Waals surface area contributed by atoms with Crippen LogP contribution in [0.15, 0.2) is 35.2 Å². The van der Waals surface area contributed by atoms with Crippen LogP contribution in [-0.4, -0.2) is 50.9 Å². The van der Waals surface area contributed by atoms with Crippen molar-refractivity contribution >= 4 is 15.9 Å². The molecule has 1 aliphatic rings. The highest BCUT2D eigenvalue weighted by atomic mass is 32.2. The molecule has 128 valence electrons. The molecular weight excluding hydrogens is 314 g/mol. The summed E-state index contributed by atoms with van der Waals surface area (Å²) in [6.07, 6.45) is 2.42. The maximum atomic E-state index is 12.7. The molecule has 0 spiro atoms. The number of nitrogens with zero attached hydrogens (tertiary/aromatic N) is 1. The van der Waals surface area contributed by atoms with Crippen LogP contribution >= 0.6 is 0 Å². The highest BCUT2D eigenvalue weighted by molar-refractivity contribution is 7.89. The van der Waals surface area contributed by atoms with Crippen LogP contribution in [0.5, 0.6) is 0 Å². The third-order valence-electron chi connectivity index (χ3n) is 3.88. The summed E-state index contributed by atoms with van der Waals surface area (Å²) in [5.74, 6) is -0.232. The zero-order chi connectivity index (χ0) is 16.7. The molecule has 1 fully saturated rings. The summed E-state index contributed by atoms with van der Waals surface area (Å²) in [5, 5.41) is 6.18. The molecule has 1 heterocycles. The van der Waals surface area contributed by atoms with E-state index in [1.54, 1.807) is 30.3 Å². The van der Waals surface area contributed by atoms with Crippen LogP contribution < -0.4 is 10.6 Å². The predicted molar refractivity (Wildman–Crippen MR) is 89.5 cm³/mol. The lowest BCUT2D eigenvalue weighted by Gasteiger charge is -2.26. The Kier molecular flexibility index (Phi) is 6.56. The second kappa shape index (κ2) is 8.42. The van der Waals surface area contributed by atoms with Gasteiger partial charge in [0.25, 0.3) is 0 Å². The van der Waals surface area contributed by atoms with Gasteiger partial charge in [0, 0.05) is 12.6 Å². The zero-order valence-corrected chi connectivity index (χ0v) is 14.3. The molecular formula is C16H25N3O3S. The minimum atomic E-state index is -3.64. The van der Waals surface area contributed by atoms with Gasteiger partial charge < -0.3 is 10.6 Å². The lowest BCUT2D eigenvalue weighted by molar-refractivity contribution is -0.122. The van der Waals surface area contributed by atoms with Crippen molar-refractivity contribution in [3.63, 3.8) is 0 Å². The standard InChI is InChI=1S/C16H25N3O3S/c1-2-12-19(23(21,22)15-6-4-3-5-7-15)13-16(20)18-14-8-10-17-11-9-14/h3-7,14,17H,2,8-13H2,1H3,(H,18,20). The fourth-order valence-electron chi connectivity index (χ4n) is 2.67. The lowest BCUT2D eigenvalue weighted by atomic mass is 10.1. The first-order valence-corrected chi connectivity index (χ1v) is 9.53. The van der Waals surface area contributed by atoms with Gasteiger partial charge in [-0.1, -0.05) is 25.1 Å². The molecule has 0 aromatic heterocycles. The Hall–Kier alpha value is -1.44. The van der Waals surface area contributed by atoms with Crippen LogP contribution in [-0.2, 0) is 14.8 Å². The highest BCUT2D eigenvalue weighted by Crippen LogP contribution is 2.15. The average Bonchev–Trinajstić information content (AvgIpc) is 2.56. The van der Waals surface area contributed by atoms with Gasteiger partial charge in [-0.25, -0.2) is 8.42 Å². The molecule has 0 unspecified atom stereocenters. The summed E-state index contributed by atoms with van der Waals surface area (Å²) in [7, 11) is -3.64. The molecule has 1 aliphatic heterocycles. The van der Waals surface area contributed by atoms with Crippen molar-refractivity contribution in [1.82, 2.24) is 14.9 Å². The zero-order valence-electron chi connectivity index (χ0n) is 13.5. The van der Waals surface area contributed by atoms with Gasteiger partial charge in [0.1, 0.15) is 0 Å². The number of hydrogen-bond acceptors (Lipinski definition) is 4. The predicted octanol–water partition coefficient (Wildman–Crippen LogP) is 0.956. The fraction of sp³-hybridized carbons (Fsp3) is 0.562. The number of carbonyl (C=O) groups is 1. The first-order valence-electron chi connectivity index (χ1n) is 8.09. The van der Waals surface area contributed by atoms with Crippen molar-refractivity contribution in [1.29, 1.82) is 0 Å². The van der Waals surface area contributed by atoms with Crippen molar-refractivity contribution in [3.05, 3.63) is 30.3 Å². The van der Waals surface area contributed by atoms with E-state index in [2.05, 4.69) is 10.6 Å². The number of nitrogens with one attached hydrogen (secondary N) is 2. The topological polar surface area (TPSA) is 78.5 Å². The number of sulfonamides is 1. The molecule has 2 N–H and O–H groups in total. The molecule has 0 bridgehead atoms. The summed E-state index contributed by atoms with van der Waals surface area (Å²) >= 11 is 0. The van der Waals surface area contributed by atoms with Crippen LogP contribution in [0.25, 0.3) is 0 Å². The lowest BCUT2D eigenvalue weighted by Crippen LogP contribution is -2.47. The molecule has 0 atom stereocenters. The van der Waals surface area contributed by atoms with Crippen molar-refractivity contribution in [2.24, 2.45) is 0 Å². The van der Waals surface area contributed by atoms with Gasteiger partial charge in [-0.15, -0.1) is 0 Å². The maximum Gasteiger partial charge on any atom is 0.243 e. The first-order chi connectivity index (χ1) is 11.0. The van der Waals surface area contributed by atoms with Crippen molar-refractivity contribution in [2.75, 3.05) is 26.2 Å². The Morgan fingerprint density at radius 2 is 1.91 bits per heavy atom. The second-order valence-corrected chi connectivity index (χ2v) is 7.68. The Morgan fingerprint density at radius 3 is 2.52 bits per heavy atom. The van der Waals surface area contributed by atoms with E-state index in [4.69, 9.17) is 0 Å². The third kappa shape index (κ3) is 5.02. The number of piperidine rings is 1. The van der Waals surface area contributed by atoms with E-state index in [1.807, 2.05) is 6.92 Å². The summed E-state index contributed by atoms with van der Waals surface area (Å²) in [5.41, 5.74) is 0. The Bertz CT molecular complexity index is 598. The second-order valence-electron chi connectivity index (χ2n) is 5.74. The van der Waals surface area contributed by atoms with Gasteiger partial charge >= 0.3 is 0 Å². The van der Waals surface area contributed by atoms with E-state index in [-0.39, 0.29) is 23.4 Å². The van der Waals surface area contributed by atoms with E-state index < -0.39 is 10.0 Å². The normalized spacial score (nSPS) is 16.4. The molecule has 1 saturated heterocycles. The van der Waals surface area contributed by atoms with Crippen LogP contribution in [0.1, 0.15) is 26.2 Å². The van der Waals surface area contributed by atoms with E-state index in [0.29, 0.717) is 13.0 Å². The highest BCUT2D eigenvalue weighted by Gasteiger charge is 2.26. The number of amides is 1. The smallest absolute Gasteiger partial charge is 0.243 e. The van der Waals surface area contributed by atoms with Crippen LogP contribution in [0, 0.1) is 0 Å². The summed E-state index contributed by atoms with van der Waals surface area (Å²) in [6, 6.07) is 8.39. The van der Waals surface area contributed by atoms with Gasteiger partial charge in [-0.05, 0) is 44.5 Å². The first kappa shape index (κ1) is 17.9. The molecule has 7 heteroatoms. The Morgan fingerprint density at radius 1 is 1.26 bits per heavy atom. The maximum absolute atomic E-state index is 12.7. The molecule has 6 nitrogen and oxygen atoms in total. The van der Waals surface area contributed by atoms with Crippen molar-refractivity contribution in [2.45, 2.75) is 37.1 Å². The van der Waals surface area contributed by atoms with Crippen LogP contribution in [0.3, 0.4) is 0 Å². The number of carbonyl (C=O) groups excluding carboxylic acids is 1. The Labute approximate surface area is 138 Å². The largest absolute Gasteiger partial charge is 0.352 e. The third-order valence-corrected chi connectivity index (χ3v) is 5.74. The monoisotopic (exact) mass is 339 g/mol. The summed E-state index contributed by atoms with van der Waals surface area (Å²) < 4.78 is 26.6. The minimum Gasteiger partial charge on any atom is -0.352 e. The van der Waals surface area contributed by atoms with Gasteiger partial charge in [0.15, 0.2) is 0 Å². The molecule has 1 aromatic rings. The van der Waals surface area contributed by atoms with Gasteiger partial charge in [-0.3, -0.25) is 4.79 Å². The van der Waals surface area contributed by atoms with Crippen molar-refractivity contribution < 1.29 is 13.2 Å². The molecule has 1 aromatic carbocycles. The Balaban J connectivity index is 2.04. The molecule has 0 aliphatic carbocycles. The number of hydrogen-bond donors (Lipinski definition) is 2. The van der Waals surface area contributed by atoms with E-state index in [9.17, 15) is 13.2 Å². The van der Waals surface area contributed by atoms with Crippen molar-refractivity contribution in [3.8, 4) is 0 Å². The van der Waals surface area contributed by atoms with E-state index in [0.717, 1.165) is 25.9 Å². The molecule has 2 rings (SSSR count). The summed E-state index contributed by atoms with van der Waals surface area (Å²) in [6.45, 7) is 3.86. The molecule has 0 radical (unpaired) electrons.